The van der Waals surface area contributed by atoms with Gasteiger partial charge in [0.2, 0.25) is 0 Å². The predicted molar refractivity (Wildman–Crippen MR) is 119 cm³/mol. The zero-order valence-corrected chi connectivity index (χ0v) is 19.1. The van der Waals surface area contributed by atoms with Crippen molar-refractivity contribution in [3.63, 3.8) is 0 Å². The Morgan fingerprint density at radius 2 is 1.57 bits per heavy atom. The molecule has 0 aromatic heterocycles. The van der Waals surface area contributed by atoms with E-state index in [2.05, 4.69) is 42.2 Å². The average molecular weight is 422 g/mol. The molecule has 0 radical (unpaired) electrons. The fourth-order valence-corrected chi connectivity index (χ4v) is 4.97. The normalized spacial score (nSPS) is 27.0. The van der Waals surface area contributed by atoms with E-state index in [9.17, 15) is 5.11 Å². The van der Waals surface area contributed by atoms with Crippen molar-refractivity contribution in [1.29, 1.82) is 0 Å². The van der Waals surface area contributed by atoms with Gasteiger partial charge in [-0.05, 0) is 25.1 Å². The molecule has 1 N–H and O–H groups in total. The maximum Gasteiger partial charge on any atom is 0.276 e. The number of aliphatic imine (C=N–C) groups is 1. The van der Waals surface area contributed by atoms with E-state index < -0.39 is 11.4 Å². The van der Waals surface area contributed by atoms with Crippen molar-refractivity contribution in [2.24, 2.45) is 4.99 Å². The SMILES string of the molecule is CC1(O)N=C(c2ccccc2Cl)c2cc(Cl)ccc2[N+](C)(C)C1(C)[N+](C)(C)C. The minimum atomic E-state index is -1.39. The van der Waals surface area contributed by atoms with Gasteiger partial charge in [0.15, 0.2) is 0 Å². The maximum atomic E-state index is 11.8. The third kappa shape index (κ3) is 2.90. The Labute approximate surface area is 177 Å². The lowest BCUT2D eigenvalue weighted by molar-refractivity contribution is -0.942. The standard InChI is InChI=1S/C22H29Cl2N3O/c1-21(28)22(2,26(3,4)5)27(6,7)19-13-12-15(23)14-17(19)20(25-21)16-10-8-9-11-18(16)24/h8-14,28H,1-7H3/q+2. The lowest BCUT2D eigenvalue weighted by Crippen LogP contribution is -2.80. The zero-order chi connectivity index (χ0) is 21.1. The first-order chi connectivity index (χ1) is 12.7. The fourth-order valence-electron chi connectivity index (χ4n) is 4.58. The molecule has 0 saturated carbocycles. The smallest absolute Gasteiger partial charge is 0.276 e. The molecule has 3 rings (SSSR count). The van der Waals surface area contributed by atoms with Gasteiger partial charge in [-0.2, -0.15) is 0 Å². The molecule has 6 heteroatoms. The molecular weight excluding hydrogens is 393 g/mol. The van der Waals surface area contributed by atoms with Crippen LogP contribution in [0, 0.1) is 0 Å². The Balaban J connectivity index is 2.50. The van der Waals surface area contributed by atoms with Gasteiger partial charge >= 0.3 is 0 Å². The number of hydrogen-bond acceptors (Lipinski definition) is 2. The summed E-state index contributed by atoms with van der Waals surface area (Å²) in [5, 5.41) is 13.0. The Hall–Kier alpha value is -1.43. The highest BCUT2D eigenvalue weighted by Gasteiger charge is 2.67. The van der Waals surface area contributed by atoms with Crippen molar-refractivity contribution in [3.8, 4) is 0 Å². The molecule has 0 amide bonds. The van der Waals surface area contributed by atoms with Gasteiger partial charge < -0.3 is 5.11 Å². The number of benzodiazepines with no additional fused rings is 1. The second kappa shape index (κ2) is 6.54. The van der Waals surface area contributed by atoms with Crippen LogP contribution in [-0.2, 0) is 0 Å². The van der Waals surface area contributed by atoms with Gasteiger partial charge in [0.1, 0.15) is 5.69 Å². The Kier molecular flexibility index (Phi) is 4.97. The van der Waals surface area contributed by atoms with Gasteiger partial charge in [0.25, 0.3) is 11.4 Å². The van der Waals surface area contributed by atoms with Crippen LogP contribution in [0.5, 0.6) is 0 Å². The summed E-state index contributed by atoms with van der Waals surface area (Å²) in [6, 6.07) is 13.4. The monoisotopic (exact) mass is 421 g/mol. The highest BCUT2D eigenvalue weighted by Crippen LogP contribution is 2.47. The van der Waals surface area contributed by atoms with Crippen LogP contribution in [-0.4, -0.2) is 61.9 Å². The van der Waals surface area contributed by atoms with Crippen LogP contribution in [0.3, 0.4) is 0 Å². The first-order valence-corrected chi connectivity index (χ1v) is 10.0. The van der Waals surface area contributed by atoms with Crippen molar-refractivity contribution in [3.05, 3.63) is 63.6 Å². The van der Waals surface area contributed by atoms with E-state index in [1.807, 2.05) is 42.5 Å². The van der Waals surface area contributed by atoms with Gasteiger partial charge in [-0.3, -0.25) is 4.48 Å². The first kappa shape index (κ1) is 21.3. The molecule has 1 heterocycles. The topological polar surface area (TPSA) is 32.6 Å². The number of hydrogen-bond donors (Lipinski definition) is 1. The lowest BCUT2D eigenvalue weighted by Gasteiger charge is -2.55. The molecule has 28 heavy (non-hydrogen) atoms. The second-order valence-electron chi connectivity index (χ2n) is 9.11. The van der Waals surface area contributed by atoms with Crippen LogP contribution < -0.4 is 4.48 Å². The molecule has 0 fully saturated rings. The molecule has 2 atom stereocenters. The first-order valence-electron chi connectivity index (χ1n) is 9.27. The van der Waals surface area contributed by atoms with Gasteiger partial charge in [-0.25, -0.2) is 9.48 Å². The van der Waals surface area contributed by atoms with Crippen LogP contribution in [0.25, 0.3) is 0 Å². The minimum absolute atomic E-state index is 0.410. The summed E-state index contributed by atoms with van der Waals surface area (Å²) >= 11 is 12.9. The zero-order valence-electron chi connectivity index (χ0n) is 17.6. The van der Waals surface area contributed by atoms with E-state index in [-0.39, 0.29) is 0 Å². The summed E-state index contributed by atoms with van der Waals surface area (Å²) in [7, 11) is 10.5. The molecule has 0 spiro atoms. The molecule has 0 aliphatic carbocycles. The van der Waals surface area contributed by atoms with Crippen LogP contribution in [0.1, 0.15) is 25.0 Å². The number of halogens is 2. The molecule has 4 nitrogen and oxygen atoms in total. The van der Waals surface area contributed by atoms with E-state index in [0.717, 1.165) is 16.8 Å². The largest absolute Gasteiger partial charge is 0.360 e. The van der Waals surface area contributed by atoms with Crippen LogP contribution in [0.2, 0.25) is 10.0 Å². The van der Waals surface area contributed by atoms with E-state index in [4.69, 9.17) is 28.2 Å². The predicted octanol–water partition coefficient (Wildman–Crippen LogP) is 4.54. The number of nitrogens with zero attached hydrogens (tertiary/aromatic N) is 3. The van der Waals surface area contributed by atoms with Crippen molar-refractivity contribution in [2.75, 3.05) is 35.2 Å². The third-order valence-electron chi connectivity index (χ3n) is 6.57. The van der Waals surface area contributed by atoms with Crippen LogP contribution >= 0.6 is 23.2 Å². The average Bonchev–Trinajstić information content (AvgIpc) is 2.62. The summed E-state index contributed by atoms with van der Waals surface area (Å²) in [6.45, 7) is 3.85. The van der Waals surface area contributed by atoms with Crippen molar-refractivity contribution >= 4 is 34.6 Å². The maximum absolute atomic E-state index is 11.8. The molecule has 0 bridgehead atoms. The summed E-state index contributed by atoms with van der Waals surface area (Å²) in [6.07, 6.45) is 0. The lowest BCUT2D eigenvalue weighted by atomic mass is 9.91. The molecule has 0 saturated heterocycles. The number of aliphatic hydroxyl groups is 1. The Morgan fingerprint density at radius 1 is 0.964 bits per heavy atom. The van der Waals surface area contributed by atoms with Crippen LogP contribution in [0.15, 0.2) is 47.5 Å². The Bertz CT molecular complexity index is 960. The Morgan fingerprint density at radius 3 is 2.14 bits per heavy atom. The molecular formula is C22H29Cl2N3O+2. The summed E-state index contributed by atoms with van der Waals surface area (Å²) in [4.78, 5) is 4.93. The third-order valence-corrected chi connectivity index (χ3v) is 7.13. The molecule has 2 aromatic carbocycles. The molecule has 150 valence electrons. The summed E-state index contributed by atoms with van der Waals surface area (Å²) in [5.74, 6) is 0. The van der Waals surface area contributed by atoms with Gasteiger partial charge in [0, 0.05) is 21.7 Å². The number of rotatable bonds is 2. The van der Waals surface area contributed by atoms with E-state index in [1.54, 1.807) is 6.92 Å². The highest BCUT2D eigenvalue weighted by atomic mass is 35.5. The number of quaternary nitrogens is 2. The van der Waals surface area contributed by atoms with Gasteiger partial charge in [0.05, 0.1) is 53.4 Å². The number of likely N-dealkylation sites (N-methyl/N-ethyl adjacent to an activating group) is 2. The summed E-state index contributed by atoms with van der Waals surface area (Å²) in [5.41, 5.74) is 1.22. The van der Waals surface area contributed by atoms with Gasteiger partial charge in [-0.1, -0.05) is 41.4 Å². The number of benzene rings is 2. The second-order valence-corrected chi connectivity index (χ2v) is 9.95. The number of fused-ring (bicyclic) bond motifs is 1. The van der Waals surface area contributed by atoms with E-state index in [1.165, 1.54) is 0 Å². The molecule has 1 aliphatic heterocycles. The fraction of sp³-hybridized carbons (Fsp3) is 0.409. The minimum Gasteiger partial charge on any atom is -0.360 e. The van der Waals surface area contributed by atoms with Crippen LogP contribution in [0.4, 0.5) is 5.69 Å². The van der Waals surface area contributed by atoms with E-state index in [0.29, 0.717) is 24.7 Å². The van der Waals surface area contributed by atoms with Crippen molar-refractivity contribution in [1.82, 2.24) is 4.48 Å². The van der Waals surface area contributed by atoms with Crippen molar-refractivity contribution in [2.45, 2.75) is 25.2 Å². The molecule has 2 unspecified atom stereocenters. The summed E-state index contributed by atoms with van der Waals surface area (Å²) < 4.78 is 0.905. The van der Waals surface area contributed by atoms with Crippen molar-refractivity contribution < 1.29 is 9.59 Å². The highest BCUT2D eigenvalue weighted by molar-refractivity contribution is 6.36. The van der Waals surface area contributed by atoms with Gasteiger partial charge in [-0.15, -0.1) is 0 Å². The molecule has 2 aromatic rings. The molecule has 1 aliphatic rings. The quantitative estimate of drug-likeness (QED) is 0.709. The van der Waals surface area contributed by atoms with E-state index >= 15 is 0 Å².